The van der Waals surface area contributed by atoms with Crippen molar-refractivity contribution in [1.29, 1.82) is 0 Å². The van der Waals surface area contributed by atoms with Crippen LogP contribution in [0.3, 0.4) is 0 Å². The normalized spacial score (nSPS) is 33.7. The summed E-state index contributed by atoms with van der Waals surface area (Å²) in [5, 5.41) is 3.58. The minimum atomic E-state index is -0.830. The number of benzene rings is 1. The van der Waals surface area contributed by atoms with Crippen LogP contribution in [-0.2, 0) is 4.79 Å². The smallest absolute Gasteiger partial charge is 0.226 e. The molecule has 2 heterocycles. The predicted octanol–water partition coefficient (Wildman–Crippen LogP) is 3.23. The van der Waals surface area contributed by atoms with Crippen molar-refractivity contribution in [2.24, 2.45) is 5.92 Å². The van der Waals surface area contributed by atoms with Crippen LogP contribution in [0.15, 0.2) is 18.2 Å². The van der Waals surface area contributed by atoms with Crippen molar-refractivity contribution in [3.63, 3.8) is 0 Å². The van der Waals surface area contributed by atoms with Gasteiger partial charge >= 0.3 is 0 Å². The van der Waals surface area contributed by atoms with Gasteiger partial charge in [0.1, 0.15) is 0 Å². The van der Waals surface area contributed by atoms with E-state index in [1.54, 1.807) is 6.07 Å². The number of hydrogen-bond donors (Lipinski definition) is 1. The number of nitrogens with zero attached hydrogens (tertiary/aromatic N) is 1. The zero-order chi connectivity index (χ0) is 16.1. The second kappa shape index (κ2) is 6.60. The van der Waals surface area contributed by atoms with Crippen LogP contribution in [0.25, 0.3) is 0 Å². The molecule has 3 aliphatic rings. The van der Waals surface area contributed by atoms with Gasteiger partial charge in [-0.05, 0) is 49.7 Å². The highest BCUT2D eigenvalue weighted by Gasteiger charge is 2.48. The number of nitrogens with one attached hydrogen (secondary N) is 1. The van der Waals surface area contributed by atoms with Gasteiger partial charge in [-0.2, -0.15) is 0 Å². The van der Waals surface area contributed by atoms with Crippen LogP contribution in [0.4, 0.5) is 8.78 Å². The molecule has 2 bridgehead atoms. The first kappa shape index (κ1) is 17.6. The fourth-order valence-electron chi connectivity index (χ4n) is 4.40. The number of carbonyl (C=O) groups is 1. The average Bonchev–Trinajstić information content (AvgIpc) is 3.27. The van der Waals surface area contributed by atoms with Gasteiger partial charge in [-0.1, -0.05) is 12.1 Å². The van der Waals surface area contributed by atoms with E-state index >= 15 is 0 Å². The SMILES string of the molecule is CN(C(=O)C1CC1c1cccc(F)c1F)C1CC2CCC(C1)N2.Cl. The number of fused-ring (bicyclic) bond motifs is 2. The quantitative estimate of drug-likeness (QED) is 0.901. The summed E-state index contributed by atoms with van der Waals surface area (Å²) in [6, 6.07) is 5.58. The molecule has 3 fully saturated rings. The molecule has 0 aromatic heterocycles. The molecule has 4 unspecified atom stereocenters. The minimum absolute atomic E-state index is 0. The lowest BCUT2D eigenvalue weighted by Gasteiger charge is -2.35. The molecule has 0 spiro atoms. The first-order valence-corrected chi connectivity index (χ1v) is 8.51. The fourth-order valence-corrected chi connectivity index (χ4v) is 4.40. The van der Waals surface area contributed by atoms with Gasteiger partial charge in [-0.25, -0.2) is 8.78 Å². The first-order valence-electron chi connectivity index (χ1n) is 8.51. The Bertz CT molecular complexity index is 629. The van der Waals surface area contributed by atoms with E-state index in [4.69, 9.17) is 0 Å². The third-order valence-corrected chi connectivity index (χ3v) is 5.83. The lowest BCUT2D eigenvalue weighted by molar-refractivity contribution is -0.134. The van der Waals surface area contributed by atoms with Crippen molar-refractivity contribution in [1.82, 2.24) is 10.2 Å². The molecule has 4 atom stereocenters. The van der Waals surface area contributed by atoms with Crippen LogP contribution in [0.1, 0.15) is 43.6 Å². The molecule has 1 aromatic carbocycles. The van der Waals surface area contributed by atoms with Crippen LogP contribution in [0, 0.1) is 17.6 Å². The maximum atomic E-state index is 13.9. The molecule has 6 heteroatoms. The number of hydrogen-bond acceptors (Lipinski definition) is 2. The van der Waals surface area contributed by atoms with E-state index in [-0.39, 0.29) is 36.2 Å². The minimum Gasteiger partial charge on any atom is -0.342 e. The molecule has 0 radical (unpaired) electrons. The summed E-state index contributed by atoms with van der Waals surface area (Å²) in [5.74, 6) is -1.90. The maximum absolute atomic E-state index is 13.9. The molecule has 132 valence electrons. The Morgan fingerprint density at radius 2 is 1.83 bits per heavy atom. The molecule has 1 amide bonds. The van der Waals surface area contributed by atoms with Crippen LogP contribution in [-0.4, -0.2) is 36.0 Å². The second-order valence-corrected chi connectivity index (χ2v) is 7.30. The average molecular weight is 357 g/mol. The Morgan fingerprint density at radius 1 is 1.17 bits per heavy atom. The topological polar surface area (TPSA) is 32.3 Å². The molecule has 3 nitrogen and oxygen atoms in total. The van der Waals surface area contributed by atoms with Crippen molar-refractivity contribution in [2.45, 2.75) is 56.1 Å². The summed E-state index contributed by atoms with van der Waals surface area (Å²) in [5.41, 5.74) is 0.349. The zero-order valence-electron chi connectivity index (χ0n) is 13.7. The van der Waals surface area contributed by atoms with Crippen LogP contribution < -0.4 is 5.32 Å². The van der Waals surface area contributed by atoms with Gasteiger partial charge in [0.2, 0.25) is 5.91 Å². The van der Waals surface area contributed by atoms with E-state index < -0.39 is 11.6 Å². The summed E-state index contributed by atoms with van der Waals surface area (Å²) in [6.07, 6.45) is 5.03. The first-order chi connectivity index (χ1) is 11.0. The van der Waals surface area contributed by atoms with Gasteiger partial charge in [-0.3, -0.25) is 4.79 Å². The van der Waals surface area contributed by atoms with Crippen molar-refractivity contribution in [3.8, 4) is 0 Å². The van der Waals surface area contributed by atoms with Crippen molar-refractivity contribution in [2.75, 3.05) is 7.05 Å². The predicted molar refractivity (Wildman–Crippen MR) is 90.2 cm³/mol. The molecule has 1 N–H and O–H groups in total. The summed E-state index contributed by atoms with van der Waals surface area (Å²) in [6.45, 7) is 0. The monoisotopic (exact) mass is 356 g/mol. The third-order valence-electron chi connectivity index (χ3n) is 5.83. The molecule has 24 heavy (non-hydrogen) atoms. The Balaban J connectivity index is 0.00000169. The van der Waals surface area contributed by atoms with E-state index in [9.17, 15) is 13.6 Å². The van der Waals surface area contributed by atoms with Gasteiger partial charge in [0.15, 0.2) is 11.6 Å². The standard InChI is InChI=1S/C18H22F2N2O.ClH/c1-22(12-7-10-5-6-11(8-12)21-10)18(23)15-9-14(15)13-3-2-4-16(19)17(13)20;/h2-4,10-12,14-15,21H,5-9H2,1H3;1H. The highest BCUT2D eigenvalue weighted by atomic mass is 35.5. The summed E-state index contributed by atoms with van der Waals surface area (Å²) in [4.78, 5) is 14.6. The highest BCUT2D eigenvalue weighted by molar-refractivity contribution is 5.85. The lowest BCUT2D eigenvalue weighted by Crippen LogP contribution is -2.49. The summed E-state index contributed by atoms with van der Waals surface area (Å²) < 4.78 is 27.2. The van der Waals surface area contributed by atoms with Crippen LogP contribution in [0.5, 0.6) is 0 Å². The molecular weight excluding hydrogens is 334 g/mol. The highest BCUT2D eigenvalue weighted by Crippen LogP contribution is 2.49. The van der Waals surface area contributed by atoms with Gasteiger partial charge in [0, 0.05) is 31.1 Å². The van der Waals surface area contributed by atoms with Crippen LogP contribution >= 0.6 is 12.4 Å². The Kier molecular flexibility index (Phi) is 4.85. The Morgan fingerprint density at radius 3 is 2.50 bits per heavy atom. The molecule has 2 aliphatic heterocycles. The van der Waals surface area contributed by atoms with Gasteiger partial charge in [0.25, 0.3) is 0 Å². The molecule has 1 saturated carbocycles. The Labute approximate surface area is 147 Å². The number of halogens is 3. The number of piperidine rings is 1. The van der Waals surface area contributed by atoms with E-state index in [1.165, 1.54) is 18.9 Å². The van der Waals surface area contributed by atoms with Crippen molar-refractivity contribution >= 4 is 18.3 Å². The Hall–Kier alpha value is -1.20. The molecule has 1 aliphatic carbocycles. The van der Waals surface area contributed by atoms with Gasteiger partial charge < -0.3 is 10.2 Å². The molecule has 1 aromatic rings. The van der Waals surface area contributed by atoms with Crippen molar-refractivity contribution < 1.29 is 13.6 Å². The van der Waals surface area contributed by atoms with Gasteiger partial charge in [-0.15, -0.1) is 12.4 Å². The second-order valence-electron chi connectivity index (χ2n) is 7.30. The number of amides is 1. The van der Waals surface area contributed by atoms with Crippen LogP contribution in [0.2, 0.25) is 0 Å². The van der Waals surface area contributed by atoms with E-state index in [0.717, 1.165) is 18.9 Å². The number of carbonyl (C=O) groups excluding carboxylic acids is 1. The van der Waals surface area contributed by atoms with E-state index in [1.807, 2.05) is 11.9 Å². The summed E-state index contributed by atoms with van der Waals surface area (Å²) in [7, 11) is 1.87. The summed E-state index contributed by atoms with van der Waals surface area (Å²) >= 11 is 0. The molecule has 2 saturated heterocycles. The van der Waals surface area contributed by atoms with E-state index in [2.05, 4.69) is 5.32 Å². The molecular formula is C18H23ClF2N2O. The van der Waals surface area contributed by atoms with Gasteiger partial charge in [0.05, 0.1) is 0 Å². The fraction of sp³-hybridized carbons (Fsp3) is 0.611. The number of rotatable bonds is 3. The van der Waals surface area contributed by atoms with Crippen molar-refractivity contribution in [3.05, 3.63) is 35.4 Å². The maximum Gasteiger partial charge on any atom is 0.226 e. The van der Waals surface area contributed by atoms with E-state index in [0.29, 0.717) is 24.1 Å². The zero-order valence-corrected chi connectivity index (χ0v) is 14.5. The lowest BCUT2D eigenvalue weighted by atomic mass is 9.98. The molecule has 4 rings (SSSR count). The third kappa shape index (κ3) is 3.04. The largest absolute Gasteiger partial charge is 0.342 e.